The lowest BCUT2D eigenvalue weighted by atomic mass is 10.3. The Bertz CT molecular complexity index is 155. The number of nitrogens with zero attached hydrogens (tertiary/aromatic N) is 1. The van der Waals surface area contributed by atoms with Crippen LogP contribution in [-0.4, -0.2) is 18.9 Å². The van der Waals surface area contributed by atoms with Crippen molar-refractivity contribution in [1.82, 2.24) is 0 Å². The average molecular weight is 139 g/mol. The van der Waals surface area contributed by atoms with Crippen molar-refractivity contribution < 1.29 is 9.53 Å². The van der Waals surface area contributed by atoms with E-state index >= 15 is 0 Å². The van der Waals surface area contributed by atoms with E-state index in [-0.39, 0.29) is 0 Å². The Morgan fingerprint density at radius 2 is 2.00 bits per heavy atom. The molecule has 0 atom stereocenters. The van der Waals surface area contributed by atoms with Crippen LogP contribution in [0.1, 0.15) is 0 Å². The molecule has 0 heterocycles. The molecule has 0 fully saturated rings. The molecule has 0 N–H and O–H groups in total. The molecule has 0 aromatic carbocycles. The first-order valence-corrected chi connectivity index (χ1v) is 2.67. The molecule has 54 valence electrons. The first-order valence-electron chi connectivity index (χ1n) is 2.67. The fourth-order valence-electron chi connectivity index (χ4n) is 0.346. The molecule has 3 nitrogen and oxygen atoms in total. The molecule has 0 spiro atoms. The molecular formula is C7H9NO2. The fraction of sp³-hybridized carbons (Fsp3) is 0.143. The number of hydrogen-bond acceptors (Lipinski definition) is 2. The van der Waals surface area contributed by atoms with Crippen LogP contribution in [-0.2, 0) is 4.74 Å². The van der Waals surface area contributed by atoms with Crippen LogP contribution in [0.5, 0.6) is 0 Å². The third kappa shape index (κ3) is 2.81. The monoisotopic (exact) mass is 139 g/mol. The Morgan fingerprint density at radius 3 is 2.30 bits per heavy atom. The summed E-state index contributed by atoms with van der Waals surface area (Å²) in [5.41, 5.74) is 0. The molecule has 0 aliphatic carbocycles. The molecule has 0 aromatic rings. The van der Waals surface area contributed by atoms with Crippen LogP contribution >= 0.6 is 0 Å². The number of rotatable bonds is 3. The predicted octanol–water partition coefficient (Wildman–Crippen LogP) is 1.56. The van der Waals surface area contributed by atoms with Crippen molar-refractivity contribution in [2.75, 3.05) is 0 Å². The van der Waals surface area contributed by atoms with Gasteiger partial charge in [0.2, 0.25) is 0 Å². The number of aliphatic imine (C=N–C) groups is 1. The molecule has 1 amide bonds. The van der Waals surface area contributed by atoms with E-state index in [1.807, 2.05) is 0 Å². The minimum Gasteiger partial charge on any atom is -0.436 e. The lowest BCUT2D eigenvalue weighted by Gasteiger charge is -2.04. The Kier molecular flexibility index (Phi) is 3.87. The van der Waals surface area contributed by atoms with Gasteiger partial charge in [0.05, 0.1) is 0 Å². The highest BCUT2D eigenvalue weighted by Gasteiger charge is 2.02. The highest BCUT2D eigenvalue weighted by Crippen LogP contribution is 1.95. The average Bonchev–Trinajstić information content (AvgIpc) is 1.99. The van der Waals surface area contributed by atoms with Gasteiger partial charge in [-0.05, 0) is 18.9 Å². The maximum atomic E-state index is 10.4. The first-order chi connectivity index (χ1) is 4.74. The number of ether oxygens (including phenoxy) is 1. The van der Waals surface area contributed by atoms with Gasteiger partial charge in [0.25, 0.3) is 0 Å². The number of amides is 1. The van der Waals surface area contributed by atoms with Crippen LogP contribution in [0.25, 0.3) is 0 Å². The van der Waals surface area contributed by atoms with E-state index in [2.05, 4.69) is 29.6 Å². The summed E-state index contributed by atoms with van der Waals surface area (Å²) < 4.78 is 4.59. The molecular weight excluding hydrogens is 130 g/mol. The third-order valence-corrected chi connectivity index (χ3v) is 0.831. The largest absolute Gasteiger partial charge is 0.436 e. The molecule has 0 unspecified atom stereocenters. The van der Waals surface area contributed by atoms with E-state index in [1.54, 1.807) is 0 Å². The van der Waals surface area contributed by atoms with Crippen LogP contribution in [0, 0.1) is 0 Å². The molecule has 0 saturated heterocycles. The van der Waals surface area contributed by atoms with Crippen molar-refractivity contribution in [2.24, 2.45) is 4.99 Å². The molecule has 0 bridgehead atoms. The van der Waals surface area contributed by atoms with E-state index in [9.17, 15) is 4.79 Å². The summed E-state index contributed by atoms with van der Waals surface area (Å²) in [5.74, 6) is 0. The number of carbonyl (C=O) groups is 1. The Morgan fingerprint density at radius 1 is 1.50 bits per heavy atom. The summed E-state index contributed by atoms with van der Waals surface area (Å²) in [4.78, 5) is 13.4. The van der Waals surface area contributed by atoms with Gasteiger partial charge in [0.1, 0.15) is 6.10 Å². The second kappa shape index (κ2) is 4.49. The second-order valence-electron chi connectivity index (χ2n) is 1.48. The summed E-state index contributed by atoms with van der Waals surface area (Å²) in [5, 5.41) is 0. The van der Waals surface area contributed by atoms with Crippen molar-refractivity contribution in [3.05, 3.63) is 25.3 Å². The van der Waals surface area contributed by atoms with Crippen molar-refractivity contribution in [2.45, 2.75) is 6.10 Å². The zero-order valence-electron chi connectivity index (χ0n) is 5.62. The van der Waals surface area contributed by atoms with Gasteiger partial charge in [-0.15, -0.1) is 0 Å². The first kappa shape index (κ1) is 8.62. The van der Waals surface area contributed by atoms with Gasteiger partial charge in [-0.2, -0.15) is 4.99 Å². The zero-order chi connectivity index (χ0) is 7.98. The minimum atomic E-state index is -0.718. The molecule has 3 heteroatoms. The smallest absolute Gasteiger partial charge is 0.433 e. The van der Waals surface area contributed by atoms with Crippen LogP contribution < -0.4 is 0 Å². The minimum absolute atomic E-state index is 0.474. The Hall–Kier alpha value is -1.38. The second-order valence-corrected chi connectivity index (χ2v) is 1.48. The lowest BCUT2D eigenvalue weighted by molar-refractivity contribution is 0.148. The van der Waals surface area contributed by atoms with Gasteiger partial charge in [0, 0.05) is 0 Å². The lowest BCUT2D eigenvalue weighted by Crippen LogP contribution is -2.09. The van der Waals surface area contributed by atoms with Gasteiger partial charge in [-0.3, -0.25) is 0 Å². The summed E-state index contributed by atoms with van der Waals surface area (Å²) in [6, 6.07) is 0. The van der Waals surface area contributed by atoms with Gasteiger partial charge < -0.3 is 4.74 Å². The summed E-state index contributed by atoms with van der Waals surface area (Å²) in [6.45, 7) is 9.81. The molecule has 10 heavy (non-hydrogen) atoms. The van der Waals surface area contributed by atoms with E-state index in [0.717, 1.165) is 0 Å². The maximum Gasteiger partial charge on any atom is 0.433 e. The molecule has 0 aliphatic rings. The van der Waals surface area contributed by atoms with Gasteiger partial charge >= 0.3 is 6.09 Å². The van der Waals surface area contributed by atoms with Crippen LogP contribution in [0.2, 0.25) is 0 Å². The summed E-state index contributed by atoms with van der Waals surface area (Å²) in [7, 11) is 0. The van der Waals surface area contributed by atoms with Gasteiger partial charge in [0.15, 0.2) is 0 Å². The third-order valence-electron chi connectivity index (χ3n) is 0.831. The highest BCUT2D eigenvalue weighted by molar-refractivity contribution is 5.73. The van der Waals surface area contributed by atoms with E-state index < -0.39 is 12.2 Å². The van der Waals surface area contributed by atoms with Gasteiger partial charge in [-0.1, -0.05) is 13.2 Å². The number of carbonyl (C=O) groups excluding carboxylic acids is 1. The summed E-state index contributed by atoms with van der Waals surface area (Å²) >= 11 is 0. The SMILES string of the molecule is C=CC(C=C)OC(=O)N=C. The predicted molar refractivity (Wildman–Crippen MR) is 40.2 cm³/mol. The number of hydrogen-bond donors (Lipinski definition) is 0. The van der Waals surface area contributed by atoms with Crippen molar-refractivity contribution in [3.8, 4) is 0 Å². The van der Waals surface area contributed by atoms with Gasteiger partial charge in [-0.25, -0.2) is 4.79 Å². The van der Waals surface area contributed by atoms with Crippen molar-refractivity contribution in [3.63, 3.8) is 0 Å². The van der Waals surface area contributed by atoms with Crippen LogP contribution in [0.4, 0.5) is 4.79 Å². The van der Waals surface area contributed by atoms with Crippen molar-refractivity contribution in [1.29, 1.82) is 0 Å². The normalized spacial score (nSPS) is 8.50. The van der Waals surface area contributed by atoms with Crippen LogP contribution in [0.15, 0.2) is 30.3 Å². The Labute approximate surface area is 59.7 Å². The summed E-state index contributed by atoms with van der Waals surface area (Å²) in [6.07, 6.45) is 1.69. The molecule has 0 radical (unpaired) electrons. The zero-order valence-corrected chi connectivity index (χ0v) is 5.62. The van der Waals surface area contributed by atoms with E-state index in [1.165, 1.54) is 12.2 Å². The van der Waals surface area contributed by atoms with E-state index in [0.29, 0.717) is 0 Å². The molecule has 0 saturated carbocycles. The topological polar surface area (TPSA) is 38.7 Å². The highest BCUT2D eigenvalue weighted by atomic mass is 16.6. The standard InChI is InChI=1S/C7H9NO2/c1-4-6(5-2)10-7(9)8-3/h4-6H,1-3H2. The maximum absolute atomic E-state index is 10.4. The molecule has 0 aromatic heterocycles. The quantitative estimate of drug-likeness (QED) is 0.439. The Balaban J connectivity index is 3.84. The van der Waals surface area contributed by atoms with E-state index in [4.69, 9.17) is 0 Å². The molecule has 0 rings (SSSR count). The molecule has 0 aliphatic heterocycles. The van der Waals surface area contributed by atoms with Crippen LogP contribution in [0.3, 0.4) is 0 Å². The fourth-order valence-corrected chi connectivity index (χ4v) is 0.346. The van der Waals surface area contributed by atoms with Crippen molar-refractivity contribution >= 4 is 12.8 Å².